The Labute approximate surface area is 226 Å². The first-order valence-electron chi connectivity index (χ1n) is 12.9. The summed E-state index contributed by atoms with van der Waals surface area (Å²) in [5.41, 5.74) is 9.90. The van der Waals surface area contributed by atoms with E-state index in [2.05, 4.69) is 94.1 Å². The third-order valence-corrected chi connectivity index (χ3v) is 8.82. The average Bonchev–Trinajstić information content (AvgIpc) is 3.64. The van der Waals surface area contributed by atoms with Crippen LogP contribution in [0.25, 0.3) is 75.7 Å². The van der Waals surface area contributed by atoms with Crippen molar-refractivity contribution in [3.05, 3.63) is 116 Å². The highest BCUT2D eigenvalue weighted by molar-refractivity contribution is 7.26. The van der Waals surface area contributed by atoms with Gasteiger partial charge in [-0.05, 0) is 54.6 Å². The average molecular weight is 518 g/mol. The van der Waals surface area contributed by atoms with E-state index < -0.39 is 0 Å². The zero-order valence-electron chi connectivity index (χ0n) is 20.6. The number of hydrogen-bond acceptors (Lipinski definition) is 4. The Hall–Kier alpha value is -5.07. The van der Waals surface area contributed by atoms with Gasteiger partial charge in [-0.25, -0.2) is 4.98 Å². The minimum atomic E-state index is 0.881. The molecule has 39 heavy (non-hydrogen) atoms. The van der Waals surface area contributed by atoms with Gasteiger partial charge in [0.15, 0.2) is 0 Å². The second-order valence-electron chi connectivity index (χ2n) is 9.72. The number of thiophene rings is 1. The Kier molecular flexibility index (Phi) is 4.14. The smallest absolute Gasteiger partial charge is 0.116 e. The third kappa shape index (κ3) is 2.81. The lowest BCUT2D eigenvalue weighted by Gasteiger charge is -2.10. The monoisotopic (exact) mass is 517 g/mol. The summed E-state index contributed by atoms with van der Waals surface area (Å²) < 4.78 is 7.14. The molecule has 0 N–H and O–H groups in total. The standard InChI is InChI=1S/C33H19N5S/c1-2-9-20(10-3-1)37-23-14-7-17-34-29(23)31-26(37)19-27-32(36-31)30-24(15-8-18-35-30)38(27)25-13-6-12-22-21-11-4-5-16-28(21)39-33(22)25/h1-19H. The number of rotatable bonds is 2. The van der Waals surface area contributed by atoms with Crippen molar-refractivity contribution in [2.75, 3.05) is 0 Å². The van der Waals surface area contributed by atoms with Gasteiger partial charge in [0.1, 0.15) is 22.1 Å². The Balaban J connectivity index is 1.48. The SMILES string of the molecule is c1ccc(-n2c3cccnc3c3nc4c5ncccc5n(-c5cccc6c5sc5ccccc56)c4cc32)cc1. The van der Waals surface area contributed by atoms with Gasteiger partial charge < -0.3 is 9.13 Å². The summed E-state index contributed by atoms with van der Waals surface area (Å²) in [5, 5.41) is 2.55. The molecule has 0 saturated heterocycles. The van der Waals surface area contributed by atoms with Gasteiger partial charge in [0.25, 0.3) is 0 Å². The zero-order chi connectivity index (χ0) is 25.5. The highest BCUT2D eigenvalue weighted by Crippen LogP contribution is 2.41. The van der Waals surface area contributed by atoms with E-state index in [4.69, 9.17) is 15.0 Å². The van der Waals surface area contributed by atoms with Gasteiger partial charge in [-0.15, -0.1) is 11.3 Å². The molecule has 3 aromatic carbocycles. The fraction of sp³-hybridized carbons (Fsp3) is 0. The number of pyridine rings is 3. The minimum Gasteiger partial charge on any atom is -0.306 e. The lowest BCUT2D eigenvalue weighted by atomic mass is 10.1. The van der Waals surface area contributed by atoms with Crippen molar-refractivity contribution in [1.29, 1.82) is 0 Å². The lowest BCUT2D eigenvalue weighted by Crippen LogP contribution is -1.96. The molecule has 6 heteroatoms. The van der Waals surface area contributed by atoms with Crippen LogP contribution in [0.2, 0.25) is 0 Å². The van der Waals surface area contributed by atoms with E-state index in [1.165, 1.54) is 20.2 Å². The summed E-state index contributed by atoms with van der Waals surface area (Å²) in [5.74, 6) is 0. The molecule has 5 nitrogen and oxygen atoms in total. The maximum Gasteiger partial charge on any atom is 0.116 e. The van der Waals surface area contributed by atoms with Crippen molar-refractivity contribution in [2.45, 2.75) is 0 Å². The van der Waals surface area contributed by atoms with E-state index in [0.717, 1.165) is 55.5 Å². The van der Waals surface area contributed by atoms with Crippen LogP contribution in [0.3, 0.4) is 0 Å². The molecule has 0 fully saturated rings. The quantitative estimate of drug-likeness (QED) is 0.231. The molecule has 0 amide bonds. The first-order chi connectivity index (χ1) is 19.4. The second kappa shape index (κ2) is 7.72. The van der Waals surface area contributed by atoms with Crippen molar-refractivity contribution in [1.82, 2.24) is 24.1 Å². The summed E-state index contributed by atoms with van der Waals surface area (Å²) in [4.78, 5) is 14.9. The van der Waals surface area contributed by atoms with Gasteiger partial charge in [-0.1, -0.05) is 48.5 Å². The largest absolute Gasteiger partial charge is 0.306 e. The predicted molar refractivity (Wildman–Crippen MR) is 161 cm³/mol. The number of fused-ring (bicyclic) bond motifs is 9. The van der Waals surface area contributed by atoms with Crippen molar-refractivity contribution < 1.29 is 0 Å². The molecule has 0 spiro atoms. The van der Waals surface area contributed by atoms with Crippen molar-refractivity contribution in [3.63, 3.8) is 0 Å². The van der Waals surface area contributed by atoms with Crippen LogP contribution in [0.15, 0.2) is 116 Å². The molecule has 0 aliphatic carbocycles. The van der Waals surface area contributed by atoms with E-state index in [1.54, 1.807) is 0 Å². The predicted octanol–water partition coefficient (Wildman–Crippen LogP) is 8.43. The highest BCUT2D eigenvalue weighted by Gasteiger charge is 2.22. The van der Waals surface area contributed by atoms with Crippen LogP contribution in [0, 0.1) is 0 Å². The molecular formula is C33H19N5S. The highest BCUT2D eigenvalue weighted by atomic mass is 32.1. The lowest BCUT2D eigenvalue weighted by molar-refractivity contribution is 1.16. The molecule has 0 aliphatic heterocycles. The zero-order valence-corrected chi connectivity index (χ0v) is 21.4. The fourth-order valence-electron chi connectivity index (χ4n) is 5.98. The minimum absolute atomic E-state index is 0.881. The normalized spacial score (nSPS) is 12.1. The van der Waals surface area contributed by atoms with Crippen LogP contribution in [0.5, 0.6) is 0 Å². The van der Waals surface area contributed by atoms with Gasteiger partial charge in [-0.3, -0.25) is 9.97 Å². The van der Waals surface area contributed by atoms with E-state index in [9.17, 15) is 0 Å². The first kappa shape index (κ1) is 20.9. The van der Waals surface area contributed by atoms with Crippen LogP contribution >= 0.6 is 11.3 Å². The van der Waals surface area contributed by atoms with E-state index in [1.807, 2.05) is 41.9 Å². The molecule has 0 bridgehead atoms. The van der Waals surface area contributed by atoms with Gasteiger partial charge in [0, 0.05) is 33.6 Å². The number of hydrogen-bond donors (Lipinski definition) is 0. The molecule has 0 radical (unpaired) electrons. The molecule has 9 aromatic rings. The van der Waals surface area contributed by atoms with Crippen LogP contribution in [0.4, 0.5) is 0 Å². The van der Waals surface area contributed by atoms with Crippen molar-refractivity contribution >= 4 is 75.6 Å². The van der Waals surface area contributed by atoms with Gasteiger partial charge >= 0.3 is 0 Å². The van der Waals surface area contributed by atoms with Gasteiger partial charge in [0.05, 0.1) is 32.5 Å². The molecule has 0 saturated carbocycles. The molecule has 182 valence electrons. The Morgan fingerprint density at radius 1 is 0.513 bits per heavy atom. The topological polar surface area (TPSA) is 48.5 Å². The molecule has 6 heterocycles. The summed E-state index contributed by atoms with van der Waals surface area (Å²) in [6.07, 6.45) is 3.69. The van der Waals surface area contributed by atoms with E-state index in [0.29, 0.717) is 0 Å². The second-order valence-corrected chi connectivity index (χ2v) is 10.8. The maximum absolute atomic E-state index is 5.29. The molecule has 0 atom stereocenters. The number of para-hydroxylation sites is 1. The molecule has 6 aromatic heterocycles. The molecule has 0 aliphatic rings. The number of benzene rings is 3. The van der Waals surface area contributed by atoms with Crippen LogP contribution < -0.4 is 0 Å². The molecule has 0 unspecified atom stereocenters. The van der Waals surface area contributed by atoms with Gasteiger partial charge in [0.2, 0.25) is 0 Å². The van der Waals surface area contributed by atoms with Crippen LogP contribution in [-0.2, 0) is 0 Å². The third-order valence-electron chi connectivity index (χ3n) is 7.61. The van der Waals surface area contributed by atoms with E-state index >= 15 is 0 Å². The van der Waals surface area contributed by atoms with Crippen LogP contribution in [0.1, 0.15) is 0 Å². The van der Waals surface area contributed by atoms with E-state index in [-0.39, 0.29) is 0 Å². The van der Waals surface area contributed by atoms with Crippen LogP contribution in [-0.4, -0.2) is 24.1 Å². The fourth-order valence-corrected chi connectivity index (χ4v) is 7.19. The Morgan fingerprint density at radius 3 is 1.97 bits per heavy atom. The molecule has 9 rings (SSSR count). The maximum atomic E-state index is 5.29. The Bertz CT molecular complexity index is 2400. The summed E-state index contributed by atoms with van der Waals surface area (Å²) in [6.45, 7) is 0. The summed E-state index contributed by atoms with van der Waals surface area (Å²) in [7, 11) is 0. The van der Waals surface area contributed by atoms with Crippen molar-refractivity contribution in [3.8, 4) is 11.4 Å². The summed E-state index contributed by atoms with van der Waals surface area (Å²) in [6, 6.07) is 36.2. The van der Waals surface area contributed by atoms with Gasteiger partial charge in [-0.2, -0.15) is 0 Å². The molecular weight excluding hydrogens is 498 g/mol. The Morgan fingerprint density at radius 2 is 1.18 bits per heavy atom. The number of aromatic nitrogens is 5. The van der Waals surface area contributed by atoms with Crippen molar-refractivity contribution in [2.24, 2.45) is 0 Å². The number of nitrogens with zero attached hydrogens (tertiary/aromatic N) is 5. The summed E-state index contributed by atoms with van der Waals surface area (Å²) >= 11 is 1.83. The first-order valence-corrected chi connectivity index (χ1v) is 13.7.